The Morgan fingerprint density at radius 1 is 1.50 bits per heavy atom. The van der Waals surface area contributed by atoms with Crippen LogP contribution in [0.2, 0.25) is 0 Å². The van der Waals surface area contributed by atoms with Crippen molar-refractivity contribution in [3.8, 4) is 0 Å². The van der Waals surface area contributed by atoms with E-state index in [2.05, 4.69) is 0 Å². The molecule has 0 amide bonds. The molecule has 0 rings (SSSR count). The van der Waals surface area contributed by atoms with Crippen molar-refractivity contribution in [2.45, 2.75) is 38.8 Å². The van der Waals surface area contributed by atoms with E-state index < -0.39 is 18.7 Å². The van der Waals surface area contributed by atoms with Crippen molar-refractivity contribution in [3.63, 3.8) is 0 Å². The van der Waals surface area contributed by atoms with Crippen LogP contribution in [0.4, 0.5) is 0 Å². The smallest absolute Gasteiger partial charge is 0.344 e. The Hall–Kier alpha value is -0.380. The Kier molecular flexibility index (Phi) is 4.78. The summed E-state index contributed by atoms with van der Waals surface area (Å²) >= 11 is 0. The first-order valence-corrected chi connectivity index (χ1v) is 6.04. The van der Waals surface area contributed by atoms with Gasteiger partial charge in [0.25, 0.3) is 0 Å². The molecule has 1 atom stereocenters. The molecule has 2 N–H and O–H groups in total. The number of hydrogen-bond donors (Lipinski definition) is 2. The summed E-state index contributed by atoms with van der Waals surface area (Å²) in [6, 6.07) is 0. The first-order chi connectivity index (χ1) is 6.25. The van der Waals surface area contributed by atoms with E-state index in [9.17, 15) is 14.3 Å². The number of unbranched alkanes of at least 4 members (excludes halogenated alkanes) is 1. The van der Waals surface area contributed by atoms with Gasteiger partial charge < -0.3 is 14.5 Å². The summed E-state index contributed by atoms with van der Waals surface area (Å²) < 4.78 is 16.2. The maximum atomic E-state index is 11.5. The number of aliphatic carboxylic acids is 1. The van der Waals surface area contributed by atoms with Crippen LogP contribution in [0.15, 0.2) is 0 Å². The van der Waals surface area contributed by atoms with E-state index in [4.69, 9.17) is 9.63 Å². The van der Waals surface area contributed by atoms with E-state index in [-0.39, 0.29) is 6.61 Å². The lowest BCUT2D eigenvalue weighted by atomic mass is 10.2. The third kappa shape index (κ3) is 3.08. The van der Waals surface area contributed by atoms with Crippen LogP contribution in [0.1, 0.15) is 33.6 Å². The van der Waals surface area contributed by atoms with E-state index in [1.54, 1.807) is 0 Å². The molecule has 0 aromatic carbocycles. The maximum Gasteiger partial charge on any atom is 0.344 e. The molecule has 84 valence electrons. The van der Waals surface area contributed by atoms with Crippen molar-refractivity contribution in [3.05, 3.63) is 0 Å². The third-order valence-electron chi connectivity index (χ3n) is 1.99. The molecule has 0 heterocycles. The van der Waals surface area contributed by atoms with Crippen LogP contribution < -0.4 is 0 Å². The molecule has 0 radical (unpaired) electrons. The van der Waals surface area contributed by atoms with Gasteiger partial charge in [0.15, 0.2) is 5.16 Å². The fourth-order valence-corrected chi connectivity index (χ4v) is 1.56. The zero-order valence-corrected chi connectivity index (χ0v) is 9.58. The van der Waals surface area contributed by atoms with Crippen molar-refractivity contribution < 1.29 is 23.9 Å². The summed E-state index contributed by atoms with van der Waals surface area (Å²) in [7, 11) is -4.08. The first kappa shape index (κ1) is 13.6. The third-order valence-corrected chi connectivity index (χ3v) is 4.13. The number of carbonyl (C=O) groups is 1. The van der Waals surface area contributed by atoms with E-state index in [1.807, 2.05) is 6.92 Å². The highest BCUT2D eigenvalue weighted by Crippen LogP contribution is 2.55. The Morgan fingerprint density at radius 3 is 2.36 bits per heavy atom. The standard InChI is InChI=1S/C8H17O5P/c1-4-5-6-13-14(11,12)8(2,3)7(9)10/h4-6H2,1-3H3,(H,9,10)(H,11,12). The highest BCUT2D eigenvalue weighted by molar-refractivity contribution is 7.55. The molecule has 0 saturated carbocycles. The molecule has 6 heteroatoms. The highest BCUT2D eigenvalue weighted by atomic mass is 31.2. The average molecular weight is 224 g/mol. The molecule has 0 bridgehead atoms. The lowest BCUT2D eigenvalue weighted by Crippen LogP contribution is -2.32. The van der Waals surface area contributed by atoms with Crippen molar-refractivity contribution >= 4 is 13.6 Å². The van der Waals surface area contributed by atoms with Gasteiger partial charge in [0, 0.05) is 0 Å². The fourth-order valence-electron chi connectivity index (χ4n) is 0.615. The molecule has 1 unspecified atom stereocenters. The number of carboxylic acid groups (broad SMARTS) is 1. The van der Waals surface area contributed by atoms with Crippen molar-refractivity contribution in [1.29, 1.82) is 0 Å². The van der Waals surface area contributed by atoms with Gasteiger partial charge in [-0.25, -0.2) is 0 Å². The van der Waals surface area contributed by atoms with Gasteiger partial charge >= 0.3 is 13.6 Å². The minimum atomic E-state index is -4.08. The number of rotatable bonds is 6. The molecule has 0 saturated heterocycles. The van der Waals surface area contributed by atoms with Gasteiger partial charge in [-0.3, -0.25) is 9.36 Å². The zero-order valence-electron chi connectivity index (χ0n) is 8.69. The second-order valence-corrected chi connectivity index (χ2v) is 5.99. The SMILES string of the molecule is CCCCOP(=O)(O)C(C)(C)C(=O)O. The molecule has 0 aromatic heterocycles. The largest absolute Gasteiger partial charge is 0.480 e. The van der Waals surface area contributed by atoms with Crippen molar-refractivity contribution in [2.24, 2.45) is 0 Å². The van der Waals surface area contributed by atoms with E-state index in [0.29, 0.717) is 6.42 Å². The molecular weight excluding hydrogens is 207 g/mol. The predicted molar refractivity (Wildman–Crippen MR) is 52.4 cm³/mol. The van der Waals surface area contributed by atoms with Gasteiger partial charge in [0.1, 0.15) is 0 Å². The van der Waals surface area contributed by atoms with Crippen LogP contribution in [-0.2, 0) is 13.9 Å². The second kappa shape index (κ2) is 4.91. The first-order valence-electron chi connectivity index (χ1n) is 4.46. The topological polar surface area (TPSA) is 83.8 Å². The molecule has 0 aliphatic heterocycles. The predicted octanol–water partition coefficient (Wildman–Crippen LogP) is 1.85. The fraction of sp³-hybridized carbons (Fsp3) is 0.875. The summed E-state index contributed by atoms with van der Waals surface area (Å²) in [5.74, 6) is -1.33. The van der Waals surface area contributed by atoms with Crippen LogP contribution in [0, 0.1) is 0 Å². The van der Waals surface area contributed by atoms with Gasteiger partial charge in [-0.1, -0.05) is 13.3 Å². The van der Waals surface area contributed by atoms with E-state index >= 15 is 0 Å². The van der Waals surface area contributed by atoms with Crippen LogP contribution in [-0.4, -0.2) is 27.7 Å². The van der Waals surface area contributed by atoms with Crippen LogP contribution >= 0.6 is 7.60 Å². The minimum absolute atomic E-state index is 0.112. The molecule has 0 aromatic rings. The summed E-state index contributed by atoms with van der Waals surface area (Å²) in [6.07, 6.45) is 1.47. The summed E-state index contributed by atoms with van der Waals surface area (Å²) in [6.45, 7) is 4.39. The highest BCUT2D eigenvalue weighted by Gasteiger charge is 2.47. The molecule has 5 nitrogen and oxygen atoms in total. The molecule has 0 aliphatic rings. The second-order valence-electron chi connectivity index (χ2n) is 3.57. The zero-order chi connectivity index (χ0) is 11.4. The van der Waals surface area contributed by atoms with E-state index in [1.165, 1.54) is 13.8 Å². The summed E-state index contributed by atoms with van der Waals surface area (Å²) in [5, 5.41) is 6.97. The number of carboxylic acids is 1. The normalized spacial score (nSPS) is 16.3. The summed E-state index contributed by atoms with van der Waals surface area (Å²) in [4.78, 5) is 20.1. The monoisotopic (exact) mass is 224 g/mol. The average Bonchev–Trinajstić information content (AvgIpc) is 2.04. The van der Waals surface area contributed by atoms with Crippen molar-refractivity contribution in [1.82, 2.24) is 0 Å². The van der Waals surface area contributed by atoms with Crippen LogP contribution in [0.5, 0.6) is 0 Å². The van der Waals surface area contributed by atoms with E-state index in [0.717, 1.165) is 6.42 Å². The van der Waals surface area contributed by atoms with Crippen LogP contribution in [0.25, 0.3) is 0 Å². The molecule has 0 aliphatic carbocycles. The quantitative estimate of drug-likeness (QED) is 0.531. The van der Waals surface area contributed by atoms with Gasteiger partial charge in [-0.15, -0.1) is 0 Å². The van der Waals surface area contributed by atoms with Crippen LogP contribution in [0.3, 0.4) is 0 Å². The minimum Gasteiger partial charge on any atom is -0.480 e. The van der Waals surface area contributed by atoms with Gasteiger partial charge in [0.05, 0.1) is 6.61 Å². The molecule has 14 heavy (non-hydrogen) atoms. The Balaban J connectivity index is 4.45. The molecule has 0 fully saturated rings. The summed E-state index contributed by atoms with van der Waals surface area (Å²) in [5.41, 5.74) is 0. The lowest BCUT2D eigenvalue weighted by molar-refractivity contribution is -0.139. The lowest BCUT2D eigenvalue weighted by Gasteiger charge is -2.24. The van der Waals surface area contributed by atoms with Crippen molar-refractivity contribution in [2.75, 3.05) is 6.61 Å². The molecular formula is C8H17O5P. The van der Waals surface area contributed by atoms with Gasteiger partial charge in [-0.2, -0.15) is 0 Å². The Morgan fingerprint density at radius 2 is 2.00 bits per heavy atom. The van der Waals surface area contributed by atoms with Gasteiger partial charge in [-0.05, 0) is 20.3 Å². The maximum absolute atomic E-state index is 11.5. The Bertz CT molecular complexity index is 248. The Labute approximate surface area is 83.6 Å². The number of hydrogen-bond acceptors (Lipinski definition) is 3. The van der Waals surface area contributed by atoms with Gasteiger partial charge in [0.2, 0.25) is 0 Å². The molecule has 0 spiro atoms.